The van der Waals surface area contributed by atoms with Gasteiger partial charge in [-0.1, -0.05) is 0 Å². The van der Waals surface area contributed by atoms with Crippen LogP contribution in [0, 0.1) is 0 Å². The first-order valence-electron chi connectivity index (χ1n) is 5.65. The molecule has 2 heterocycles. The molecule has 0 aromatic carbocycles. The van der Waals surface area contributed by atoms with E-state index in [-0.39, 0.29) is 18.0 Å². The van der Waals surface area contributed by atoms with Crippen LogP contribution in [0.4, 0.5) is 11.9 Å². The number of nitrogens with zero attached hydrogens (tertiary/aromatic N) is 4. The molecule has 0 spiro atoms. The van der Waals surface area contributed by atoms with Gasteiger partial charge in [0.1, 0.15) is 0 Å². The van der Waals surface area contributed by atoms with Crippen molar-refractivity contribution in [2.24, 2.45) is 0 Å². The highest BCUT2D eigenvalue weighted by molar-refractivity contribution is 5.36. The molecule has 7 nitrogen and oxygen atoms in total. The zero-order valence-corrected chi connectivity index (χ0v) is 10.1. The van der Waals surface area contributed by atoms with Gasteiger partial charge in [0.05, 0.1) is 19.3 Å². The van der Waals surface area contributed by atoms with Gasteiger partial charge in [0, 0.05) is 13.7 Å². The number of rotatable bonds is 4. The van der Waals surface area contributed by atoms with Crippen molar-refractivity contribution in [2.75, 3.05) is 37.5 Å². The Morgan fingerprint density at radius 2 is 2.29 bits per heavy atom. The third-order valence-electron chi connectivity index (χ3n) is 2.66. The molecule has 1 fully saturated rings. The lowest BCUT2D eigenvalue weighted by Crippen LogP contribution is -2.33. The summed E-state index contributed by atoms with van der Waals surface area (Å²) in [6, 6.07) is 0.548. The van der Waals surface area contributed by atoms with E-state index in [2.05, 4.69) is 15.0 Å². The maximum atomic E-state index is 5.63. The molecule has 1 aliphatic heterocycles. The molecule has 17 heavy (non-hydrogen) atoms. The number of likely N-dealkylation sites (N-methyl/N-ethyl adjacent to an activating group) is 1. The van der Waals surface area contributed by atoms with Gasteiger partial charge >= 0.3 is 6.01 Å². The van der Waals surface area contributed by atoms with Crippen LogP contribution in [0.5, 0.6) is 6.01 Å². The van der Waals surface area contributed by atoms with Gasteiger partial charge < -0.3 is 20.1 Å². The lowest BCUT2D eigenvalue weighted by atomic mass is 10.2. The van der Waals surface area contributed by atoms with E-state index in [4.69, 9.17) is 15.2 Å². The van der Waals surface area contributed by atoms with Gasteiger partial charge in [0.15, 0.2) is 0 Å². The van der Waals surface area contributed by atoms with Gasteiger partial charge in [-0.3, -0.25) is 0 Å². The highest BCUT2D eigenvalue weighted by atomic mass is 16.5. The fraction of sp³-hybridized carbons (Fsp3) is 0.700. The van der Waals surface area contributed by atoms with Crippen molar-refractivity contribution in [3.63, 3.8) is 0 Å². The Kier molecular flexibility index (Phi) is 3.58. The summed E-state index contributed by atoms with van der Waals surface area (Å²) in [7, 11) is 1.92. The molecule has 0 aliphatic carbocycles. The lowest BCUT2D eigenvalue weighted by Gasteiger charge is -2.23. The fourth-order valence-corrected chi connectivity index (χ4v) is 1.70. The van der Waals surface area contributed by atoms with Crippen LogP contribution < -0.4 is 15.4 Å². The van der Waals surface area contributed by atoms with Crippen LogP contribution >= 0.6 is 0 Å². The normalized spacial score (nSPS) is 19.3. The van der Waals surface area contributed by atoms with Gasteiger partial charge in [-0.25, -0.2) is 0 Å². The van der Waals surface area contributed by atoms with Crippen LogP contribution in [0.1, 0.15) is 13.3 Å². The molecule has 7 heteroatoms. The third kappa shape index (κ3) is 2.73. The zero-order valence-electron chi connectivity index (χ0n) is 10.1. The van der Waals surface area contributed by atoms with Crippen LogP contribution in [0.15, 0.2) is 0 Å². The number of nitrogen functional groups attached to an aromatic ring is 1. The average Bonchev–Trinajstić information content (AvgIpc) is 2.81. The van der Waals surface area contributed by atoms with Gasteiger partial charge in [0.2, 0.25) is 11.9 Å². The van der Waals surface area contributed by atoms with Gasteiger partial charge in [-0.2, -0.15) is 15.0 Å². The summed E-state index contributed by atoms with van der Waals surface area (Å²) in [6.45, 7) is 3.83. The van der Waals surface area contributed by atoms with E-state index in [1.165, 1.54) is 0 Å². The molecule has 1 aromatic rings. The largest absolute Gasteiger partial charge is 0.464 e. The number of nitrogens with two attached hydrogens (primary N) is 1. The van der Waals surface area contributed by atoms with Crippen LogP contribution in [0.25, 0.3) is 0 Å². The molecule has 2 rings (SSSR count). The van der Waals surface area contributed by atoms with Crippen LogP contribution in [0.2, 0.25) is 0 Å². The Hall–Kier alpha value is -1.63. The zero-order chi connectivity index (χ0) is 12.3. The van der Waals surface area contributed by atoms with Crippen molar-refractivity contribution in [1.82, 2.24) is 15.0 Å². The first kappa shape index (κ1) is 11.8. The maximum absolute atomic E-state index is 5.63. The van der Waals surface area contributed by atoms with Crippen molar-refractivity contribution in [1.29, 1.82) is 0 Å². The molecule has 0 radical (unpaired) electrons. The molecule has 1 saturated heterocycles. The molecular formula is C10H17N5O2. The molecule has 1 aliphatic rings. The number of anilines is 2. The van der Waals surface area contributed by atoms with E-state index in [9.17, 15) is 0 Å². The van der Waals surface area contributed by atoms with Gasteiger partial charge in [-0.05, 0) is 13.3 Å². The van der Waals surface area contributed by atoms with Gasteiger partial charge in [-0.15, -0.1) is 0 Å². The summed E-state index contributed by atoms with van der Waals surface area (Å²) < 4.78 is 10.6. The van der Waals surface area contributed by atoms with E-state index in [1.807, 2.05) is 18.9 Å². The highest BCUT2D eigenvalue weighted by Gasteiger charge is 2.23. The van der Waals surface area contributed by atoms with Crippen molar-refractivity contribution in [3.8, 4) is 6.01 Å². The molecule has 94 valence electrons. The number of ether oxygens (including phenoxy) is 2. The molecule has 1 aromatic heterocycles. The lowest BCUT2D eigenvalue weighted by molar-refractivity contribution is 0.193. The van der Waals surface area contributed by atoms with E-state index < -0.39 is 0 Å². The predicted octanol–water partition coefficient (Wildman–Crippen LogP) is 0.0776. The highest BCUT2D eigenvalue weighted by Crippen LogP contribution is 2.18. The van der Waals surface area contributed by atoms with Crippen molar-refractivity contribution in [2.45, 2.75) is 19.4 Å². The number of aromatic nitrogens is 3. The topological polar surface area (TPSA) is 86.4 Å². The second-order valence-corrected chi connectivity index (χ2v) is 3.84. The van der Waals surface area contributed by atoms with Crippen molar-refractivity contribution >= 4 is 11.9 Å². The van der Waals surface area contributed by atoms with E-state index in [0.29, 0.717) is 19.2 Å². The van der Waals surface area contributed by atoms with Gasteiger partial charge in [0.25, 0.3) is 0 Å². The summed E-state index contributed by atoms with van der Waals surface area (Å²) >= 11 is 0. The Balaban J connectivity index is 2.18. The molecule has 0 bridgehead atoms. The molecule has 1 unspecified atom stereocenters. The number of hydrogen-bond donors (Lipinski definition) is 1. The van der Waals surface area contributed by atoms with Crippen molar-refractivity contribution in [3.05, 3.63) is 0 Å². The minimum atomic E-state index is 0.171. The SMILES string of the molecule is CCOc1nc(N)nc(N(C)C2CCOC2)n1. The third-order valence-corrected chi connectivity index (χ3v) is 2.66. The van der Waals surface area contributed by atoms with E-state index in [0.717, 1.165) is 13.0 Å². The summed E-state index contributed by atoms with van der Waals surface area (Å²) in [5, 5.41) is 0. The van der Waals surface area contributed by atoms with E-state index in [1.54, 1.807) is 0 Å². The molecular weight excluding hydrogens is 222 g/mol. The Morgan fingerprint density at radius 1 is 1.47 bits per heavy atom. The molecule has 1 atom stereocenters. The second-order valence-electron chi connectivity index (χ2n) is 3.84. The summed E-state index contributed by atoms with van der Waals surface area (Å²) in [4.78, 5) is 14.2. The standard InChI is InChI=1S/C10H17N5O2/c1-3-17-10-13-8(11)12-9(14-10)15(2)7-4-5-16-6-7/h7H,3-6H2,1-2H3,(H2,11,12,13,14). The summed E-state index contributed by atoms with van der Waals surface area (Å²) in [6.07, 6.45) is 0.964. The van der Waals surface area contributed by atoms with Crippen LogP contribution in [0.3, 0.4) is 0 Å². The van der Waals surface area contributed by atoms with Crippen LogP contribution in [-0.2, 0) is 4.74 Å². The minimum Gasteiger partial charge on any atom is -0.464 e. The Labute approximate surface area is 100.0 Å². The predicted molar refractivity (Wildman–Crippen MR) is 63.0 cm³/mol. The molecule has 0 amide bonds. The smallest absolute Gasteiger partial charge is 0.323 e. The molecule has 2 N–H and O–H groups in total. The average molecular weight is 239 g/mol. The van der Waals surface area contributed by atoms with E-state index >= 15 is 0 Å². The first-order chi connectivity index (χ1) is 8.20. The Bertz CT molecular complexity index is 381. The fourth-order valence-electron chi connectivity index (χ4n) is 1.70. The summed E-state index contributed by atoms with van der Waals surface area (Å²) in [5.41, 5.74) is 5.63. The van der Waals surface area contributed by atoms with Crippen LogP contribution in [-0.4, -0.2) is 47.9 Å². The number of hydrogen-bond acceptors (Lipinski definition) is 7. The summed E-state index contributed by atoms with van der Waals surface area (Å²) in [5.74, 6) is 0.695. The first-order valence-corrected chi connectivity index (χ1v) is 5.65. The monoisotopic (exact) mass is 239 g/mol. The van der Waals surface area contributed by atoms with Crippen molar-refractivity contribution < 1.29 is 9.47 Å². The Morgan fingerprint density at radius 3 is 2.94 bits per heavy atom. The minimum absolute atomic E-state index is 0.171. The quantitative estimate of drug-likeness (QED) is 0.796. The second kappa shape index (κ2) is 5.13. The maximum Gasteiger partial charge on any atom is 0.323 e. The molecule has 0 saturated carbocycles.